The minimum atomic E-state index is 0.318. The first-order chi connectivity index (χ1) is 19.4. The lowest BCUT2D eigenvalue weighted by Crippen LogP contribution is -2.45. The molecule has 0 bridgehead atoms. The summed E-state index contributed by atoms with van der Waals surface area (Å²) in [5.41, 5.74) is 10.8. The van der Waals surface area contributed by atoms with Crippen molar-refractivity contribution in [3.63, 3.8) is 0 Å². The maximum absolute atomic E-state index is 2.70. The van der Waals surface area contributed by atoms with Crippen LogP contribution in [0.4, 0.5) is 0 Å². The second-order valence-electron chi connectivity index (χ2n) is 12.0. The van der Waals surface area contributed by atoms with E-state index in [0.29, 0.717) is 12.3 Å². The molecule has 0 saturated carbocycles. The van der Waals surface area contributed by atoms with Crippen LogP contribution in [-0.2, 0) is 26.2 Å². The van der Waals surface area contributed by atoms with Crippen molar-refractivity contribution in [1.29, 1.82) is 0 Å². The molecule has 0 aliphatic carbocycles. The third-order valence-electron chi connectivity index (χ3n) is 8.51. The minimum absolute atomic E-state index is 0.318. The van der Waals surface area contributed by atoms with Gasteiger partial charge in [0.2, 0.25) is 0 Å². The van der Waals surface area contributed by atoms with Crippen molar-refractivity contribution in [2.24, 2.45) is 0 Å². The standard InChI is InChI=1S/C36H42N4/c1-27-5-13-31(14-6-27)21-37-25-38(22-32-15-7-28(2)8-16-32)36-35(37)39(23-33-17-9-29(3)10-18-33)26-40(36)24-34-19-11-30(4)12-20-34/h5-20,35-36H,21-26H2,1-4H3. The molecule has 2 saturated heterocycles. The molecule has 0 unspecified atom stereocenters. The third kappa shape index (κ3) is 6.06. The summed E-state index contributed by atoms with van der Waals surface area (Å²) in [5.74, 6) is 0. The highest BCUT2D eigenvalue weighted by molar-refractivity contribution is 5.26. The summed E-state index contributed by atoms with van der Waals surface area (Å²) >= 11 is 0. The normalized spacial score (nSPS) is 20.3. The van der Waals surface area contributed by atoms with Gasteiger partial charge in [-0.1, -0.05) is 119 Å². The Kier molecular flexibility index (Phi) is 7.86. The van der Waals surface area contributed by atoms with Crippen LogP contribution in [0.2, 0.25) is 0 Å². The van der Waals surface area contributed by atoms with E-state index in [1.807, 2.05) is 0 Å². The largest absolute Gasteiger partial charge is 0.268 e. The molecular weight excluding hydrogens is 488 g/mol. The molecular formula is C36H42N4. The Morgan fingerprint density at radius 2 is 0.575 bits per heavy atom. The number of rotatable bonds is 8. The molecule has 40 heavy (non-hydrogen) atoms. The topological polar surface area (TPSA) is 13.0 Å². The van der Waals surface area contributed by atoms with Crippen molar-refractivity contribution < 1.29 is 0 Å². The molecule has 4 heteroatoms. The van der Waals surface area contributed by atoms with Crippen molar-refractivity contribution in [2.75, 3.05) is 13.3 Å². The van der Waals surface area contributed by atoms with Gasteiger partial charge >= 0.3 is 0 Å². The molecule has 0 N–H and O–H groups in total. The van der Waals surface area contributed by atoms with Crippen molar-refractivity contribution in [3.05, 3.63) is 142 Å². The van der Waals surface area contributed by atoms with E-state index in [1.54, 1.807) is 0 Å². The Morgan fingerprint density at radius 1 is 0.375 bits per heavy atom. The van der Waals surface area contributed by atoms with E-state index >= 15 is 0 Å². The summed E-state index contributed by atoms with van der Waals surface area (Å²) in [6.45, 7) is 14.4. The molecule has 2 heterocycles. The lowest BCUT2D eigenvalue weighted by atomic mass is 10.1. The van der Waals surface area contributed by atoms with Crippen LogP contribution >= 0.6 is 0 Å². The van der Waals surface area contributed by atoms with Gasteiger partial charge in [0.05, 0.1) is 25.7 Å². The molecule has 0 spiro atoms. The number of hydrogen-bond donors (Lipinski definition) is 0. The first kappa shape index (κ1) is 26.9. The van der Waals surface area contributed by atoms with E-state index < -0.39 is 0 Å². The van der Waals surface area contributed by atoms with Crippen molar-refractivity contribution in [2.45, 2.75) is 66.2 Å². The van der Waals surface area contributed by atoms with Crippen LogP contribution in [0, 0.1) is 27.7 Å². The lowest BCUT2D eigenvalue weighted by Gasteiger charge is -2.30. The van der Waals surface area contributed by atoms with Crippen LogP contribution in [0.1, 0.15) is 44.5 Å². The Bertz CT molecular complexity index is 1180. The van der Waals surface area contributed by atoms with Gasteiger partial charge in [0.15, 0.2) is 0 Å². The van der Waals surface area contributed by atoms with Gasteiger partial charge in [-0.2, -0.15) is 0 Å². The SMILES string of the molecule is Cc1ccc(CN2CN(Cc3ccc(C)cc3)C3C2N(Cc2ccc(C)cc2)CN3Cc2ccc(C)cc2)cc1. The van der Waals surface area contributed by atoms with Crippen molar-refractivity contribution in [1.82, 2.24) is 19.6 Å². The Balaban J connectivity index is 1.34. The van der Waals surface area contributed by atoms with E-state index in [-0.39, 0.29) is 0 Å². The third-order valence-corrected chi connectivity index (χ3v) is 8.51. The fourth-order valence-corrected chi connectivity index (χ4v) is 6.30. The maximum atomic E-state index is 2.70. The molecule has 6 rings (SSSR count). The summed E-state index contributed by atoms with van der Waals surface area (Å²) < 4.78 is 0. The lowest BCUT2D eigenvalue weighted by molar-refractivity contribution is 0.0697. The molecule has 206 valence electrons. The van der Waals surface area contributed by atoms with Crippen LogP contribution < -0.4 is 0 Å². The summed E-state index contributed by atoms with van der Waals surface area (Å²) in [4.78, 5) is 10.8. The molecule has 2 fully saturated rings. The van der Waals surface area contributed by atoms with E-state index in [4.69, 9.17) is 0 Å². The quantitative estimate of drug-likeness (QED) is 0.248. The van der Waals surface area contributed by atoms with Gasteiger partial charge in [-0.15, -0.1) is 0 Å². The second-order valence-corrected chi connectivity index (χ2v) is 12.0. The Hall–Kier alpha value is -3.28. The fraction of sp³-hybridized carbons (Fsp3) is 0.333. The highest BCUT2D eigenvalue weighted by Crippen LogP contribution is 2.36. The number of aryl methyl sites for hydroxylation is 4. The van der Waals surface area contributed by atoms with Crippen LogP contribution in [0.15, 0.2) is 97.1 Å². The zero-order valence-electron chi connectivity index (χ0n) is 24.4. The predicted octanol–water partition coefficient (Wildman–Crippen LogP) is 6.82. The van der Waals surface area contributed by atoms with Gasteiger partial charge in [0, 0.05) is 26.2 Å². The molecule has 0 atom stereocenters. The van der Waals surface area contributed by atoms with Crippen molar-refractivity contribution >= 4 is 0 Å². The number of benzene rings is 4. The first-order valence-corrected chi connectivity index (χ1v) is 14.6. The summed E-state index contributed by atoms with van der Waals surface area (Å²) in [6, 6.07) is 36.4. The number of fused-ring (bicyclic) bond motifs is 1. The molecule has 4 aromatic carbocycles. The van der Waals surface area contributed by atoms with Gasteiger partial charge in [-0.05, 0) is 49.9 Å². The molecule has 2 aliphatic rings. The van der Waals surface area contributed by atoms with Gasteiger partial charge in [-0.3, -0.25) is 19.6 Å². The first-order valence-electron chi connectivity index (χ1n) is 14.6. The zero-order valence-corrected chi connectivity index (χ0v) is 24.4. The highest BCUT2D eigenvalue weighted by Gasteiger charge is 2.51. The molecule has 0 amide bonds. The molecule has 4 nitrogen and oxygen atoms in total. The van der Waals surface area contributed by atoms with E-state index in [2.05, 4.69) is 144 Å². The van der Waals surface area contributed by atoms with Crippen LogP contribution in [0.25, 0.3) is 0 Å². The molecule has 0 radical (unpaired) electrons. The predicted molar refractivity (Wildman–Crippen MR) is 164 cm³/mol. The van der Waals surface area contributed by atoms with Crippen LogP contribution in [0.3, 0.4) is 0 Å². The number of hydrogen-bond acceptors (Lipinski definition) is 4. The fourth-order valence-electron chi connectivity index (χ4n) is 6.30. The average Bonchev–Trinajstić information content (AvgIpc) is 3.48. The van der Waals surface area contributed by atoms with Gasteiger partial charge < -0.3 is 0 Å². The molecule has 0 aromatic heterocycles. The summed E-state index contributed by atoms with van der Waals surface area (Å²) in [6.07, 6.45) is 0.636. The van der Waals surface area contributed by atoms with Gasteiger partial charge in [-0.25, -0.2) is 0 Å². The van der Waals surface area contributed by atoms with Crippen molar-refractivity contribution in [3.8, 4) is 0 Å². The van der Waals surface area contributed by atoms with E-state index in [1.165, 1.54) is 44.5 Å². The minimum Gasteiger partial charge on any atom is -0.268 e. The second kappa shape index (κ2) is 11.7. The average molecular weight is 531 g/mol. The number of nitrogens with zero attached hydrogens (tertiary/aromatic N) is 4. The maximum Gasteiger partial charge on any atom is 0.0948 e. The smallest absolute Gasteiger partial charge is 0.0948 e. The summed E-state index contributed by atoms with van der Waals surface area (Å²) in [5, 5.41) is 0. The molecule has 2 aliphatic heterocycles. The Labute approximate surface area is 240 Å². The van der Waals surface area contributed by atoms with E-state index in [0.717, 1.165) is 39.5 Å². The highest BCUT2D eigenvalue weighted by atomic mass is 15.6. The van der Waals surface area contributed by atoms with E-state index in [9.17, 15) is 0 Å². The van der Waals surface area contributed by atoms with Crippen LogP contribution in [-0.4, -0.2) is 45.3 Å². The van der Waals surface area contributed by atoms with Gasteiger partial charge in [0.25, 0.3) is 0 Å². The monoisotopic (exact) mass is 530 g/mol. The van der Waals surface area contributed by atoms with Crippen LogP contribution in [0.5, 0.6) is 0 Å². The zero-order chi connectivity index (χ0) is 27.6. The van der Waals surface area contributed by atoms with Gasteiger partial charge in [0.1, 0.15) is 0 Å². The molecule has 4 aromatic rings. The Morgan fingerprint density at radius 3 is 0.775 bits per heavy atom. The summed E-state index contributed by atoms with van der Waals surface area (Å²) in [7, 11) is 0.